The molecular formula is C11H11BF3KN2S. The van der Waals surface area contributed by atoms with E-state index in [1.165, 1.54) is 0 Å². The second-order valence-corrected chi connectivity index (χ2v) is 5.05. The molecule has 0 unspecified atom stereocenters. The van der Waals surface area contributed by atoms with Gasteiger partial charge < -0.3 is 17.9 Å². The third-order valence-electron chi connectivity index (χ3n) is 2.47. The fourth-order valence-corrected chi connectivity index (χ4v) is 2.28. The molecule has 0 radical (unpaired) electrons. The van der Waals surface area contributed by atoms with E-state index in [4.69, 9.17) is 0 Å². The first-order valence-electron chi connectivity index (χ1n) is 5.33. The third-order valence-corrected chi connectivity index (χ3v) is 3.45. The molecule has 0 fully saturated rings. The van der Waals surface area contributed by atoms with Gasteiger partial charge in [0.15, 0.2) is 5.16 Å². The average molecular weight is 310 g/mol. The summed E-state index contributed by atoms with van der Waals surface area (Å²) in [6.45, 7) is 0.0354. The molecule has 0 saturated carbocycles. The van der Waals surface area contributed by atoms with Gasteiger partial charge in [0.25, 0.3) is 0 Å². The Kier molecular flexibility index (Phi) is 6.22. The van der Waals surface area contributed by atoms with Crippen LogP contribution >= 0.6 is 11.8 Å². The van der Waals surface area contributed by atoms with Crippen molar-refractivity contribution in [3.63, 3.8) is 0 Å². The van der Waals surface area contributed by atoms with Gasteiger partial charge >= 0.3 is 58.4 Å². The molecule has 19 heavy (non-hydrogen) atoms. The van der Waals surface area contributed by atoms with Crippen LogP contribution in [-0.4, -0.2) is 22.7 Å². The molecule has 2 rings (SSSR count). The maximum Gasteiger partial charge on any atom is 1.00 e. The van der Waals surface area contributed by atoms with Crippen molar-refractivity contribution < 1.29 is 64.3 Å². The van der Waals surface area contributed by atoms with Crippen molar-refractivity contribution in [3.8, 4) is 0 Å². The predicted molar refractivity (Wildman–Crippen MR) is 69.8 cm³/mol. The monoisotopic (exact) mass is 310 g/mol. The molecule has 0 amide bonds. The topological polar surface area (TPSA) is 28.7 Å². The van der Waals surface area contributed by atoms with Gasteiger partial charge in [-0.25, -0.2) is 4.98 Å². The van der Waals surface area contributed by atoms with Crippen LogP contribution in [0.15, 0.2) is 35.4 Å². The van der Waals surface area contributed by atoms with Crippen LogP contribution in [0.4, 0.5) is 12.9 Å². The molecule has 0 spiro atoms. The van der Waals surface area contributed by atoms with Gasteiger partial charge in [-0.3, -0.25) is 0 Å². The van der Waals surface area contributed by atoms with Crippen LogP contribution in [0.3, 0.4) is 0 Å². The van der Waals surface area contributed by atoms with Gasteiger partial charge in [-0.1, -0.05) is 17.8 Å². The first kappa shape index (κ1) is 17.3. The molecule has 0 atom stereocenters. The first-order chi connectivity index (χ1) is 8.36. The number of aromatic amines is 1. The molecule has 1 N–H and O–H groups in total. The zero-order valence-electron chi connectivity index (χ0n) is 10.7. The molecule has 1 aromatic heterocycles. The Bertz CT molecular complexity index is 597. The van der Waals surface area contributed by atoms with E-state index in [0.717, 1.165) is 28.4 Å². The van der Waals surface area contributed by atoms with Crippen molar-refractivity contribution >= 4 is 29.8 Å². The Morgan fingerprint density at radius 2 is 2.11 bits per heavy atom. The number of thioether (sulfide) groups is 1. The first-order valence-corrected chi connectivity index (χ1v) is 6.31. The summed E-state index contributed by atoms with van der Waals surface area (Å²) >= 11 is 1.02. The number of imidazole rings is 1. The molecule has 2 aromatic rings. The molecule has 96 valence electrons. The smallest absolute Gasteiger partial charge is 0.445 e. The van der Waals surface area contributed by atoms with E-state index in [0.29, 0.717) is 5.16 Å². The molecular weight excluding hydrogens is 299 g/mol. The van der Waals surface area contributed by atoms with E-state index in [1.54, 1.807) is 0 Å². The number of hydrogen-bond donors (Lipinski definition) is 1. The quantitative estimate of drug-likeness (QED) is 0.672. The zero-order chi connectivity index (χ0) is 13.3. The number of halogens is 3. The minimum absolute atomic E-state index is 0. The van der Waals surface area contributed by atoms with Crippen LogP contribution in [0.1, 0.15) is 5.56 Å². The maximum atomic E-state index is 12.3. The number of nitrogens with one attached hydrogen (secondary N) is 1. The number of fused-ring (bicyclic) bond motifs is 1. The van der Waals surface area contributed by atoms with Gasteiger partial charge in [0.05, 0.1) is 11.0 Å². The van der Waals surface area contributed by atoms with Gasteiger partial charge in [-0.15, -0.1) is 12.1 Å². The summed E-state index contributed by atoms with van der Waals surface area (Å²) in [6.07, 6.45) is 0. The Balaban J connectivity index is 0.00000180. The number of hydrogen-bond acceptors (Lipinski definition) is 2. The normalized spacial score (nSPS) is 11.4. The number of nitrogens with zero attached hydrogens (tertiary/aromatic N) is 1. The van der Waals surface area contributed by atoms with E-state index < -0.39 is 12.4 Å². The molecule has 0 saturated heterocycles. The second kappa shape index (κ2) is 6.82. The Morgan fingerprint density at radius 1 is 1.42 bits per heavy atom. The Labute approximate surface area is 156 Å². The number of aryl methyl sites for hydroxylation is 1. The number of benzene rings is 1. The van der Waals surface area contributed by atoms with Crippen LogP contribution in [0.25, 0.3) is 11.0 Å². The third kappa shape index (κ3) is 4.64. The van der Waals surface area contributed by atoms with E-state index in [2.05, 4.69) is 16.5 Å². The number of rotatable bonds is 4. The van der Waals surface area contributed by atoms with Crippen LogP contribution in [0.2, 0.25) is 0 Å². The summed E-state index contributed by atoms with van der Waals surface area (Å²) in [5.74, 6) is -0.192. The summed E-state index contributed by atoms with van der Waals surface area (Å²) in [7, 11) is 0. The van der Waals surface area contributed by atoms with Gasteiger partial charge in [0, 0.05) is 0 Å². The molecule has 2 nitrogen and oxygen atoms in total. The van der Waals surface area contributed by atoms with Gasteiger partial charge in [-0.2, -0.15) is 0 Å². The molecule has 0 aliphatic rings. The van der Waals surface area contributed by atoms with Gasteiger partial charge in [0.2, 0.25) is 0 Å². The van der Waals surface area contributed by atoms with E-state index >= 15 is 0 Å². The number of H-pyrrole nitrogens is 1. The zero-order valence-corrected chi connectivity index (χ0v) is 14.7. The predicted octanol–water partition coefficient (Wildman–Crippen LogP) is 0.910. The minimum Gasteiger partial charge on any atom is -0.445 e. The van der Waals surface area contributed by atoms with Gasteiger partial charge in [0.1, 0.15) is 0 Å². The van der Waals surface area contributed by atoms with Crippen molar-refractivity contribution in [1.29, 1.82) is 0 Å². The Morgan fingerprint density at radius 3 is 2.74 bits per heavy atom. The largest absolute Gasteiger partial charge is 1.00 e. The van der Waals surface area contributed by atoms with Crippen molar-refractivity contribution in [3.05, 3.63) is 35.8 Å². The molecule has 0 bridgehead atoms. The van der Waals surface area contributed by atoms with E-state index in [1.807, 2.05) is 25.1 Å². The van der Waals surface area contributed by atoms with Crippen LogP contribution in [-0.2, 0) is 0 Å². The standard InChI is InChI=1S/C11H11BF3N2S.K/c1-7-3-4-9-10(5-7)17-11(16-9)18-6-8(2)12(13,14)15;/h3-5H,2,6H2,1H3,(H,16,17);/q-1;+1. The number of aromatic nitrogens is 2. The molecule has 8 heteroatoms. The fourth-order valence-electron chi connectivity index (χ4n) is 1.42. The second-order valence-electron chi connectivity index (χ2n) is 4.08. The molecule has 1 aromatic carbocycles. The average Bonchev–Trinajstić information content (AvgIpc) is 2.66. The van der Waals surface area contributed by atoms with Crippen LogP contribution in [0.5, 0.6) is 0 Å². The molecule has 0 aliphatic carbocycles. The molecule has 1 heterocycles. The summed E-state index contributed by atoms with van der Waals surface area (Å²) in [5, 5.41) is 0.483. The summed E-state index contributed by atoms with van der Waals surface area (Å²) in [5.41, 5.74) is 1.97. The van der Waals surface area contributed by atoms with Crippen LogP contribution in [0, 0.1) is 6.92 Å². The van der Waals surface area contributed by atoms with Crippen molar-refractivity contribution in [1.82, 2.24) is 9.97 Å². The minimum atomic E-state index is -4.96. The fraction of sp³-hybridized carbons (Fsp3) is 0.182. The van der Waals surface area contributed by atoms with Crippen molar-refractivity contribution in [2.45, 2.75) is 12.1 Å². The molecule has 0 aliphatic heterocycles. The van der Waals surface area contributed by atoms with E-state index in [9.17, 15) is 12.9 Å². The van der Waals surface area contributed by atoms with Gasteiger partial charge in [-0.05, 0) is 30.4 Å². The summed E-state index contributed by atoms with van der Waals surface area (Å²) in [4.78, 5) is 7.21. The van der Waals surface area contributed by atoms with Crippen LogP contribution < -0.4 is 51.4 Å². The summed E-state index contributed by atoms with van der Waals surface area (Å²) in [6, 6.07) is 5.66. The maximum absolute atomic E-state index is 12.3. The van der Waals surface area contributed by atoms with Crippen molar-refractivity contribution in [2.24, 2.45) is 0 Å². The summed E-state index contributed by atoms with van der Waals surface area (Å²) < 4.78 is 37.0. The Hall–Kier alpha value is 0.271. The SMILES string of the molecule is C=C(CSc1nc2ccc(C)cc2[nH]1)[B-](F)(F)F.[K+]. The van der Waals surface area contributed by atoms with Crippen molar-refractivity contribution in [2.75, 3.05) is 5.75 Å². The van der Waals surface area contributed by atoms with E-state index in [-0.39, 0.29) is 57.1 Å².